The van der Waals surface area contributed by atoms with E-state index >= 15 is 0 Å². The maximum Gasteiger partial charge on any atom is 0.409 e. The summed E-state index contributed by atoms with van der Waals surface area (Å²) in [6, 6.07) is 5.32. The quantitative estimate of drug-likeness (QED) is 0.634. The summed E-state index contributed by atoms with van der Waals surface area (Å²) in [6.45, 7) is 2.50. The first kappa shape index (κ1) is 24.0. The Hall–Kier alpha value is -3.68. The standard InChI is InChI=1S/C22H28N6O5/c1-4-10-27(2)22(31)32-13-18-20(25-26-28(18)3)16-8-9-19(17(12-23)24-16)33-15-7-5-6-14(11-15)21(29)30/h8-9,14-15H,4-7,10-11,13H2,1-3H3,(H,29,30)/t14-,15-/m0/s1. The van der Waals surface area contributed by atoms with Crippen molar-refractivity contribution in [2.75, 3.05) is 13.6 Å². The first-order chi connectivity index (χ1) is 15.8. The van der Waals surface area contributed by atoms with E-state index in [0.717, 1.165) is 19.3 Å². The fraction of sp³-hybridized carbons (Fsp3) is 0.545. The van der Waals surface area contributed by atoms with Crippen molar-refractivity contribution in [3.63, 3.8) is 0 Å². The molecular weight excluding hydrogens is 428 g/mol. The van der Waals surface area contributed by atoms with Gasteiger partial charge in [-0.25, -0.2) is 14.5 Å². The highest BCUT2D eigenvalue weighted by atomic mass is 16.6. The van der Waals surface area contributed by atoms with Crippen molar-refractivity contribution in [3.05, 3.63) is 23.5 Å². The molecule has 3 rings (SSSR count). The van der Waals surface area contributed by atoms with E-state index in [-0.39, 0.29) is 18.4 Å². The summed E-state index contributed by atoms with van der Waals surface area (Å²) in [5.74, 6) is -0.966. The first-order valence-electron chi connectivity index (χ1n) is 10.9. The summed E-state index contributed by atoms with van der Waals surface area (Å²) in [5.41, 5.74) is 1.40. The molecule has 0 spiro atoms. The lowest BCUT2D eigenvalue weighted by Crippen LogP contribution is -2.29. The fourth-order valence-corrected chi connectivity index (χ4v) is 3.81. The Balaban J connectivity index is 1.76. The second kappa shape index (κ2) is 10.8. The number of aromatic nitrogens is 4. The molecule has 2 heterocycles. The Bertz CT molecular complexity index is 1050. The minimum atomic E-state index is -0.825. The Morgan fingerprint density at radius 1 is 1.36 bits per heavy atom. The number of hydrogen-bond acceptors (Lipinski definition) is 8. The Morgan fingerprint density at radius 2 is 2.15 bits per heavy atom. The Labute approximate surface area is 191 Å². The van der Waals surface area contributed by atoms with Crippen molar-refractivity contribution in [1.82, 2.24) is 24.9 Å². The molecule has 2 atom stereocenters. The van der Waals surface area contributed by atoms with Gasteiger partial charge in [-0.1, -0.05) is 12.1 Å². The van der Waals surface area contributed by atoms with Gasteiger partial charge >= 0.3 is 12.1 Å². The number of carbonyl (C=O) groups is 2. The number of rotatable bonds is 8. The van der Waals surface area contributed by atoms with Crippen molar-refractivity contribution in [2.24, 2.45) is 13.0 Å². The van der Waals surface area contributed by atoms with Crippen molar-refractivity contribution in [3.8, 4) is 23.2 Å². The molecule has 2 aromatic heterocycles. The molecule has 11 nitrogen and oxygen atoms in total. The predicted molar refractivity (Wildman–Crippen MR) is 116 cm³/mol. The number of nitrogens with zero attached hydrogens (tertiary/aromatic N) is 6. The van der Waals surface area contributed by atoms with Crippen LogP contribution in [0.2, 0.25) is 0 Å². The van der Waals surface area contributed by atoms with Gasteiger partial charge in [-0.15, -0.1) is 5.10 Å². The van der Waals surface area contributed by atoms with Crippen LogP contribution in [0.5, 0.6) is 5.75 Å². The molecule has 1 N–H and O–H groups in total. The molecule has 0 radical (unpaired) electrons. The van der Waals surface area contributed by atoms with Gasteiger partial charge in [0.25, 0.3) is 0 Å². The van der Waals surface area contributed by atoms with E-state index in [1.54, 1.807) is 26.2 Å². The summed E-state index contributed by atoms with van der Waals surface area (Å²) in [5, 5.41) is 27.0. The SMILES string of the molecule is CCCN(C)C(=O)OCc1c(-c2ccc(O[C@H]3CCC[C@H](C(=O)O)C3)c(C#N)n2)nnn1C. The molecule has 0 aromatic carbocycles. The number of hydrogen-bond donors (Lipinski definition) is 1. The maximum atomic E-state index is 12.1. The lowest BCUT2D eigenvalue weighted by Gasteiger charge is -2.27. The number of aryl methyl sites for hydroxylation is 1. The number of carbonyl (C=O) groups excluding carboxylic acids is 1. The van der Waals surface area contributed by atoms with Crippen molar-refractivity contribution in [2.45, 2.75) is 51.7 Å². The minimum Gasteiger partial charge on any atom is -0.487 e. The van der Waals surface area contributed by atoms with Crippen LogP contribution in [-0.4, -0.2) is 61.7 Å². The topological polar surface area (TPSA) is 143 Å². The maximum absolute atomic E-state index is 12.1. The zero-order valence-electron chi connectivity index (χ0n) is 19.0. The van der Waals surface area contributed by atoms with Crippen LogP contribution in [0.15, 0.2) is 12.1 Å². The highest BCUT2D eigenvalue weighted by Gasteiger charge is 2.29. The van der Waals surface area contributed by atoms with Gasteiger partial charge in [0.2, 0.25) is 0 Å². The summed E-state index contributed by atoms with van der Waals surface area (Å²) in [4.78, 5) is 29.3. The van der Waals surface area contributed by atoms with E-state index in [1.807, 2.05) is 13.0 Å². The third kappa shape index (κ3) is 5.77. The number of nitriles is 1. The highest BCUT2D eigenvalue weighted by molar-refractivity contribution is 5.70. The molecule has 1 aliphatic rings. The van der Waals surface area contributed by atoms with E-state index in [2.05, 4.69) is 15.3 Å². The van der Waals surface area contributed by atoms with Gasteiger partial charge in [0, 0.05) is 20.6 Å². The van der Waals surface area contributed by atoms with Crippen LogP contribution in [0.4, 0.5) is 4.79 Å². The van der Waals surface area contributed by atoms with Gasteiger partial charge < -0.3 is 19.5 Å². The molecule has 0 bridgehead atoms. The molecule has 1 aliphatic carbocycles. The predicted octanol–water partition coefficient (Wildman–Crippen LogP) is 2.75. The van der Waals surface area contributed by atoms with Gasteiger partial charge in [-0.2, -0.15) is 5.26 Å². The monoisotopic (exact) mass is 456 g/mol. The molecule has 1 amide bonds. The second-order valence-electron chi connectivity index (χ2n) is 8.08. The van der Waals surface area contributed by atoms with Crippen molar-refractivity contribution < 1.29 is 24.2 Å². The molecule has 33 heavy (non-hydrogen) atoms. The average Bonchev–Trinajstić information content (AvgIpc) is 3.18. The van der Waals surface area contributed by atoms with Gasteiger partial charge in [0.05, 0.1) is 17.7 Å². The largest absolute Gasteiger partial charge is 0.487 e. The first-order valence-corrected chi connectivity index (χ1v) is 10.9. The van der Waals surface area contributed by atoms with E-state index < -0.39 is 18.0 Å². The van der Waals surface area contributed by atoms with E-state index in [0.29, 0.717) is 42.2 Å². The lowest BCUT2D eigenvalue weighted by molar-refractivity contribution is -0.143. The molecule has 1 saturated carbocycles. The zero-order chi connectivity index (χ0) is 24.0. The van der Waals surface area contributed by atoms with Gasteiger partial charge in [-0.3, -0.25) is 4.79 Å². The van der Waals surface area contributed by atoms with Crippen LogP contribution in [0.25, 0.3) is 11.4 Å². The minimum absolute atomic E-state index is 0.0494. The number of carboxylic acid groups (broad SMARTS) is 1. The zero-order valence-corrected chi connectivity index (χ0v) is 19.0. The smallest absolute Gasteiger partial charge is 0.409 e. The average molecular weight is 457 g/mol. The lowest BCUT2D eigenvalue weighted by atomic mass is 9.87. The molecule has 2 aromatic rings. The third-order valence-electron chi connectivity index (χ3n) is 5.62. The number of aliphatic carboxylic acids is 1. The van der Waals surface area contributed by atoms with Crippen LogP contribution < -0.4 is 4.74 Å². The normalized spacial score (nSPS) is 17.8. The molecule has 0 aliphatic heterocycles. The third-order valence-corrected chi connectivity index (χ3v) is 5.62. The molecule has 0 saturated heterocycles. The van der Waals surface area contributed by atoms with Gasteiger partial charge in [-0.05, 0) is 44.2 Å². The van der Waals surface area contributed by atoms with Gasteiger partial charge in [0.15, 0.2) is 11.4 Å². The van der Waals surface area contributed by atoms with Crippen LogP contribution >= 0.6 is 0 Å². The Morgan fingerprint density at radius 3 is 2.85 bits per heavy atom. The molecule has 11 heteroatoms. The van der Waals surface area contributed by atoms with E-state index in [4.69, 9.17) is 9.47 Å². The summed E-state index contributed by atoms with van der Waals surface area (Å²) < 4.78 is 12.8. The number of amides is 1. The van der Waals surface area contributed by atoms with Crippen molar-refractivity contribution >= 4 is 12.1 Å². The summed E-state index contributed by atoms with van der Waals surface area (Å²) in [6.07, 6.45) is 2.58. The van der Waals surface area contributed by atoms with Gasteiger partial charge in [0.1, 0.15) is 24.1 Å². The van der Waals surface area contributed by atoms with E-state index in [9.17, 15) is 20.0 Å². The Kier molecular flexibility index (Phi) is 7.82. The van der Waals surface area contributed by atoms with Crippen LogP contribution in [0.1, 0.15) is 50.4 Å². The summed E-state index contributed by atoms with van der Waals surface area (Å²) >= 11 is 0. The molecular formula is C22H28N6O5. The molecule has 176 valence electrons. The van der Waals surface area contributed by atoms with Crippen LogP contribution in [0.3, 0.4) is 0 Å². The number of carboxylic acids is 1. The highest BCUT2D eigenvalue weighted by Crippen LogP contribution is 2.30. The second-order valence-corrected chi connectivity index (χ2v) is 8.08. The van der Waals surface area contributed by atoms with Crippen molar-refractivity contribution in [1.29, 1.82) is 5.26 Å². The summed E-state index contributed by atoms with van der Waals surface area (Å²) in [7, 11) is 3.35. The number of pyridine rings is 1. The molecule has 0 unspecified atom stereocenters. The fourth-order valence-electron chi connectivity index (χ4n) is 3.81. The van der Waals surface area contributed by atoms with Crippen LogP contribution in [0, 0.1) is 17.2 Å². The van der Waals surface area contributed by atoms with Crippen LogP contribution in [-0.2, 0) is 23.2 Å². The molecule has 1 fully saturated rings. The van der Waals surface area contributed by atoms with E-state index in [1.165, 1.54) is 9.58 Å². The number of ether oxygens (including phenoxy) is 2.